The number of carbonyl (C=O) groups excluding carboxylic acids is 2. The fraction of sp³-hybridized carbons (Fsp3) is 0.333. The van der Waals surface area contributed by atoms with Gasteiger partial charge >= 0.3 is 0 Å². The van der Waals surface area contributed by atoms with Crippen LogP contribution in [0.25, 0.3) is 0 Å². The van der Waals surface area contributed by atoms with Crippen LogP contribution in [0.5, 0.6) is 5.75 Å². The Hall–Kier alpha value is -3.06. The summed E-state index contributed by atoms with van der Waals surface area (Å²) in [5.41, 5.74) is 2.23. The summed E-state index contributed by atoms with van der Waals surface area (Å²) < 4.78 is 10.8. The molecule has 0 radical (unpaired) electrons. The van der Waals surface area contributed by atoms with Crippen LogP contribution in [0.1, 0.15) is 13.8 Å². The van der Waals surface area contributed by atoms with Gasteiger partial charge in [-0.1, -0.05) is 6.07 Å². The normalized spacial score (nSPS) is 10.2. The molecule has 0 heterocycles. The standard InChI is InChI=1S/C21H27N3O4/c1-4-27-12-13-28-20-7-5-6-18(14-20)22-15-21(26)23-17-8-10-19(11-9-17)24(3)16(2)25/h5-11,14,22H,4,12-13,15H2,1-3H3,(H,23,26). The number of hydrogen-bond donors (Lipinski definition) is 2. The molecule has 2 rings (SSSR count). The zero-order valence-electron chi connectivity index (χ0n) is 16.5. The van der Waals surface area contributed by atoms with Crippen LogP contribution in [-0.2, 0) is 14.3 Å². The Morgan fingerprint density at radius 1 is 1.04 bits per heavy atom. The molecule has 2 aromatic carbocycles. The molecule has 7 heteroatoms. The first-order chi connectivity index (χ1) is 13.5. The van der Waals surface area contributed by atoms with Gasteiger partial charge in [0.1, 0.15) is 12.4 Å². The van der Waals surface area contributed by atoms with Crippen LogP contribution < -0.4 is 20.3 Å². The molecule has 2 amide bonds. The minimum Gasteiger partial charge on any atom is -0.491 e. The van der Waals surface area contributed by atoms with E-state index in [1.165, 1.54) is 11.8 Å². The topological polar surface area (TPSA) is 79.9 Å². The van der Waals surface area contributed by atoms with Crippen molar-refractivity contribution in [3.8, 4) is 5.75 Å². The van der Waals surface area contributed by atoms with E-state index in [1.807, 2.05) is 31.2 Å². The van der Waals surface area contributed by atoms with E-state index in [0.717, 1.165) is 17.1 Å². The van der Waals surface area contributed by atoms with E-state index in [9.17, 15) is 9.59 Å². The molecule has 0 saturated heterocycles. The first kappa shape index (κ1) is 21.2. The molecule has 0 aliphatic rings. The van der Waals surface area contributed by atoms with Crippen molar-refractivity contribution in [2.45, 2.75) is 13.8 Å². The van der Waals surface area contributed by atoms with Crippen LogP contribution in [0, 0.1) is 0 Å². The Morgan fingerprint density at radius 3 is 2.46 bits per heavy atom. The van der Waals surface area contributed by atoms with E-state index in [0.29, 0.717) is 25.5 Å². The lowest BCUT2D eigenvalue weighted by atomic mass is 10.2. The first-order valence-corrected chi connectivity index (χ1v) is 9.18. The Kier molecular flexibility index (Phi) is 8.30. The number of rotatable bonds is 10. The molecule has 0 aliphatic carbocycles. The Bertz CT molecular complexity index is 777. The van der Waals surface area contributed by atoms with Gasteiger partial charge in [0.2, 0.25) is 11.8 Å². The monoisotopic (exact) mass is 385 g/mol. The van der Waals surface area contributed by atoms with E-state index >= 15 is 0 Å². The van der Waals surface area contributed by atoms with Gasteiger partial charge in [0, 0.05) is 43.7 Å². The van der Waals surface area contributed by atoms with E-state index in [1.54, 1.807) is 31.3 Å². The minimum atomic E-state index is -0.171. The molecule has 2 N–H and O–H groups in total. The molecule has 0 spiro atoms. The molecular formula is C21H27N3O4. The maximum absolute atomic E-state index is 12.2. The van der Waals surface area contributed by atoms with Crippen LogP contribution in [0.2, 0.25) is 0 Å². The molecule has 0 fully saturated rings. The summed E-state index contributed by atoms with van der Waals surface area (Å²) in [5.74, 6) is 0.496. The zero-order chi connectivity index (χ0) is 20.4. The second-order valence-corrected chi connectivity index (χ2v) is 6.10. The molecule has 0 atom stereocenters. The average molecular weight is 385 g/mol. The number of carbonyl (C=O) groups is 2. The molecule has 28 heavy (non-hydrogen) atoms. The predicted octanol–water partition coefficient (Wildman–Crippen LogP) is 3.14. The highest BCUT2D eigenvalue weighted by molar-refractivity contribution is 5.95. The fourth-order valence-corrected chi connectivity index (χ4v) is 2.40. The number of benzene rings is 2. The summed E-state index contributed by atoms with van der Waals surface area (Å²) in [6.45, 7) is 5.24. The van der Waals surface area contributed by atoms with Crippen molar-refractivity contribution in [1.82, 2.24) is 0 Å². The van der Waals surface area contributed by atoms with Crippen LogP contribution >= 0.6 is 0 Å². The predicted molar refractivity (Wildman–Crippen MR) is 111 cm³/mol. The number of nitrogens with zero attached hydrogens (tertiary/aromatic N) is 1. The van der Waals surface area contributed by atoms with Crippen LogP contribution in [0.4, 0.5) is 17.1 Å². The minimum absolute atomic E-state index is 0.0508. The summed E-state index contributed by atoms with van der Waals surface area (Å²) in [4.78, 5) is 25.1. The summed E-state index contributed by atoms with van der Waals surface area (Å²) in [6, 6.07) is 14.5. The highest BCUT2D eigenvalue weighted by atomic mass is 16.5. The summed E-state index contributed by atoms with van der Waals surface area (Å²) in [6.07, 6.45) is 0. The number of amides is 2. The zero-order valence-corrected chi connectivity index (χ0v) is 16.5. The number of hydrogen-bond acceptors (Lipinski definition) is 5. The van der Waals surface area contributed by atoms with E-state index in [-0.39, 0.29) is 18.4 Å². The molecule has 7 nitrogen and oxygen atoms in total. The summed E-state index contributed by atoms with van der Waals surface area (Å²) >= 11 is 0. The molecule has 2 aromatic rings. The lowest BCUT2D eigenvalue weighted by molar-refractivity contribution is -0.116. The van der Waals surface area contributed by atoms with E-state index in [2.05, 4.69) is 10.6 Å². The quantitative estimate of drug-likeness (QED) is 0.614. The molecule has 150 valence electrons. The van der Waals surface area contributed by atoms with Gasteiger partial charge < -0.3 is 25.0 Å². The van der Waals surface area contributed by atoms with E-state index < -0.39 is 0 Å². The third-order valence-corrected chi connectivity index (χ3v) is 4.00. The molecule has 0 saturated carbocycles. The number of nitrogens with one attached hydrogen (secondary N) is 2. The Balaban J connectivity index is 1.81. The highest BCUT2D eigenvalue weighted by Crippen LogP contribution is 2.18. The van der Waals surface area contributed by atoms with Crippen molar-refractivity contribution in [2.75, 3.05) is 48.9 Å². The van der Waals surface area contributed by atoms with Crippen molar-refractivity contribution >= 4 is 28.9 Å². The van der Waals surface area contributed by atoms with Crippen molar-refractivity contribution in [3.63, 3.8) is 0 Å². The van der Waals surface area contributed by atoms with Crippen molar-refractivity contribution in [3.05, 3.63) is 48.5 Å². The van der Waals surface area contributed by atoms with Gasteiger partial charge in [0.25, 0.3) is 0 Å². The van der Waals surface area contributed by atoms with Gasteiger partial charge in [0.05, 0.1) is 13.2 Å². The third kappa shape index (κ3) is 6.92. The van der Waals surface area contributed by atoms with Gasteiger partial charge in [-0.15, -0.1) is 0 Å². The van der Waals surface area contributed by atoms with Crippen molar-refractivity contribution in [1.29, 1.82) is 0 Å². The van der Waals surface area contributed by atoms with Gasteiger partial charge in [-0.25, -0.2) is 0 Å². The van der Waals surface area contributed by atoms with Crippen molar-refractivity contribution < 1.29 is 19.1 Å². The lowest BCUT2D eigenvalue weighted by Gasteiger charge is -2.15. The molecule has 0 unspecified atom stereocenters. The molecule has 0 aliphatic heterocycles. The van der Waals surface area contributed by atoms with Crippen LogP contribution in [0.3, 0.4) is 0 Å². The maximum atomic E-state index is 12.2. The van der Waals surface area contributed by atoms with Gasteiger partial charge in [-0.05, 0) is 43.3 Å². The van der Waals surface area contributed by atoms with Gasteiger partial charge in [-0.2, -0.15) is 0 Å². The SMILES string of the molecule is CCOCCOc1cccc(NCC(=O)Nc2ccc(N(C)C(C)=O)cc2)c1. The molecule has 0 aromatic heterocycles. The average Bonchev–Trinajstić information content (AvgIpc) is 2.70. The number of anilines is 3. The highest BCUT2D eigenvalue weighted by Gasteiger charge is 2.07. The smallest absolute Gasteiger partial charge is 0.243 e. The van der Waals surface area contributed by atoms with Crippen LogP contribution in [-0.4, -0.2) is 45.2 Å². The third-order valence-electron chi connectivity index (χ3n) is 4.00. The summed E-state index contributed by atoms with van der Waals surface area (Å²) in [5, 5.41) is 5.89. The van der Waals surface area contributed by atoms with Crippen LogP contribution in [0.15, 0.2) is 48.5 Å². The molecule has 0 bridgehead atoms. The first-order valence-electron chi connectivity index (χ1n) is 9.18. The molecular weight excluding hydrogens is 358 g/mol. The van der Waals surface area contributed by atoms with Gasteiger partial charge in [-0.3, -0.25) is 9.59 Å². The van der Waals surface area contributed by atoms with Crippen molar-refractivity contribution in [2.24, 2.45) is 0 Å². The maximum Gasteiger partial charge on any atom is 0.243 e. The second kappa shape index (κ2) is 10.9. The second-order valence-electron chi connectivity index (χ2n) is 6.10. The Morgan fingerprint density at radius 2 is 1.79 bits per heavy atom. The Labute approximate surface area is 165 Å². The summed E-state index contributed by atoms with van der Waals surface area (Å²) in [7, 11) is 1.70. The van der Waals surface area contributed by atoms with E-state index in [4.69, 9.17) is 9.47 Å². The number of ether oxygens (including phenoxy) is 2. The largest absolute Gasteiger partial charge is 0.491 e. The van der Waals surface area contributed by atoms with Gasteiger partial charge in [0.15, 0.2) is 0 Å². The fourth-order valence-electron chi connectivity index (χ4n) is 2.40. The lowest BCUT2D eigenvalue weighted by Crippen LogP contribution is -2.23.